The summed E-state index contributed by atoms with van der Waals surface area (Å²) in [5, 5.41) is 17.5. The first-order valence-corrected chi connectivity index (χ1v) is 9.78. The van der Waals surface area contributed by atoms with Crippen LogP contribution in [0.2, 0.25) is 0 Å². The molecular weight excluding hydrogens is 354 g/mol. The van der Waals surface area contributed by atoms with Gasteiger partial charge in [0, 0.05) is 11.4 Å². The first-order valence-electron chi connectivity index (χ1n) is 7.92. The standard InChI is InChI=1S/C17H19N5OS2/c1-12-5-3-6-13(2)16(12)22-17(19-20-21-22)25-11-15(23)18-9-8-14-7-4-10-24-14/h3-7,10H,8-9,11H2,1-2H3,(H,18,23). The van der Waals surface area contributed by atoms with Gasteiger partial charge in [0.1, 0.15) is 0 Å². The molecule has 0 aliphatic rings. The summed E-state index contributed by atoms with van der Waals surface area (Å²) in [6, 6.07) is 10.1. The molecule has 0 fully saturated rings. The number of amides is 1. The highest BCUT2D eigenvalue weighted by Crippen LogP contribution is 2.23. The molecule has 0 bridgehead atoms. The van der Waals surface area contributed by atoms with Crippen LogP contribution in [0.3, 0.4) is 0 Å². The van der Waals surface area contributed by atoms with E-state index < -0.39 is 0 Å². The fraction of sp³-hybridized carbons (Fsp3) is 0.294. The van der Waals surface area contributed by atoms with E-state index in [-0.39, 0.29) is 11.7 Å². The molecule has 0 atom stereocenters. The van der Waals surface area contributed by atoms with Crippen LogP contribution in [0.25, 0.3) is 5.69 Å². The summed E-state index contributed by atoms with van der Waals surface area (Å²) >= 11 is 3.04. The lowest BCUT2D eigenvalue weighted by molar-refractivity contribution is -0.118. The van der Waals surface area contributed by atoms with E-state index >= 15 is 0 Å². The minimum absolute atomic E-state index is 0.0161. The minimum atomic E-state index is -0.0161. The van der Waals surface area contributed by atoms with Crippen LogP contribution in [0.15, 0.2) is 40.9 Å². The SMILES string of the molecule is Cc1cccc(C)c1-n1nnnc1SCC(=O)NCCc1cccs1. The fourth-order valence-electron chi connectivity index (χ4n) is 2.51. The molecule has 2 aromatic heterocycles. The quantitative estimate of drug-likeness (QED) is 0.645. The third kappa shape index (κ3) is 4.46. The highest BCUT2D eigenvalue weighted by molar-refractivity contribution is 7.99. The lowest BCUT2D eigenvalue weighted by Crippen LogP contribution is -2.27. The molecule has 0 aliphatic carbocycles. The Bertz CT molecular complexity index is 824. The first-order chi connectivity index (χ1) is 12.1. The van der Waals surface area contributed by atoms with Crippen molar-refractivity contribution in [2.24, 2.45) is 0 Å². The van der Waals surface area contributed by atoms with Gasteiger partial charge in [-0.1, -0.05) is 36.0 Å². The highest BCUT2D eigenvalue weighted by atomic mass is 32.2. The normalized spacial score (nSPS) is 10.8. The largest absolute Gasteiger partial charge is 0.355 e. The molecule has 130 valence electrons. The predicted molar refractivity (Wildman–Crippen MR) is 100 cm³/mol. The van der Waals surface area contributed by atoms with Gasteiger partial charge in [-0.15, -0.1) is 16.4 Å². The number of thiophene rings is 1. The number of carbonyl (C=O) groups is 1. The number of para-hydroxylation sites is 1. The van der Waals surface area contributed by atoms with Crippen LogP contribution in [0.5, 0.6) is 0 Å². The highest BCUT2D eigenvalue weighted by Gasteiger charge is 2.14. The van der Waals surface area contributed by atoms with Crippen molar-refractivity contribution in [2.45, 2.75) is 25.4 Å². The number of carbonyl (C=O) groups excluding carboxylic acids is 1. The number of nitrogens with zero attached hydrogens (tertiary/aromatic N) is 4. The summed E-state index contributed by atoms with van der Waals surface area (Å²) in [6.45, 7) is 4.69. The Kier molecular flexibility index (Phi) is 5.83. The maximum absolute atomic E-state index is 12.0. The number of hydrogen-bond donors (Lipinski definition) is 1. The topological polar surface area (TPSA) is 72.7 Å². The van der Waals surface area contributed by atoms with Crippen molar-refractivity contribution < 1.29 is 4.79 Å². The van der Waals surface area contributed by atoms with Crippen molar-refractivity contribution in [1.82, 2.24) is 25.5 Å². The van der Waals surface area contributed by atoms with Crippen molar-refractivity contribution in [3.05, 3.63) is 51.7 Å². The maximum Gasteiger partial charge on any atom is 0.230 e. The molecule has 3 rings (SSSR count). The number of benzene rings is 1. The zero-order valence-corrected chi connectivity index (χ0v) is 15.7. The number of rotatable bonds is 7. The monoisotopic (exact) mass is 373 g/mol. The lowest BCUT2D eigenvalue weighted by atomic mass is 10.1. The van der Waals surface area contributed by atoms with Gasteiger partial charge in [0.2, 0.25) is 11.1 Å². The van der Waals surface area contributed by atoms with E-state index in [1.807, 2.05) is 43.5 Å². The van der Waals surface area contributed by atoms with E-state index in [1.54, 1.807) is 16.0 Å². The second-order valence-electron chi connectivity index (χ2n) is 5.58. The molecule has 0 saturated carbocycles. The van der Waals surface area contributed by atoms with Crippen LogP contribution < -0.4 is 5.32 Å². The fourth-order valence-corrected chi connectivity index (χ4v) is 3.93. The number of tetrazole rings is 1. The zero-order chi connectivity index (χ0) is 17.6. The van der Waals surface area contributed by atoms with E-state index in [4.69, 9.17) is 0 Å². The van der Waals surface area contributed by atoms with E-state index in [0.29, 0.717) is 11.7 Å². The molecule has 0 saturated heterocycles. The van der Waals surface area contributed by atoms with E-state index in [0.717, 1.165) is 23.2 Å². The summed E-state index contributed by atoms with van der Waals surface area (Å²) in [7, 11) is 0. The molecule has 1 amide bonds. The summed E-state index contributed by atoms with van der Waals surface area (Å²) in [5.74, 6) is 0.271. The van der Waals surface area contributed by atoms with Crippen LogP contribution >= 0.6 is 23.1 Å². The van der Waals surface area contributed by atoms with Crippen LogP contribution in [-0.4, -0.2) is 38.4 Å². The van der Waals surface area contributed by atoms with Gasteiger partial charge in [-0.3, -0.25) is 4.79 Å². The molecule has 3 aromatic rings. The van der Waals surface area contributed by atoms with Crippen LogP contribution in [0, 0.1) is 13.8 Å². The van der Waals surface area contributed by atoms with Crippen molar-refractivity contribution >= 4 is 29.0 Å². The Balaban J connectivity index is 1.57. The Morgan fingerprint density at radius 2 is 2.04 bits per heavy atom. The molecule has 2 heterocycles. The van der Waals surface area contributed by atoms with Crippen LogP contribution in [0.4, 0.5) is 0 Å². The van der Waals surface area contributed by atoms with Gasteiger partial charge in [0.15, 0.2) is 0 Å². The maximum atomic E-state index is 12.0. The van der Waals surface area contributed by atoms with Gasteiger partial charge >= 0.3 is 0 Å². The molecule has 1 N–H and O–H groups in total. The molecule has 8 heteroatoms. The summed E-state index contributed by atoms with van der Waals surface area (Å²) in [5.41, 5.74) is 3.15. The second kappa shape index (κ2) is 8.26. The van der Waals surface area contributed by atoms with Gasteiger partial charge in [-0.05, 0) is 53.3 Å². The summed E-state index contributed by atoms with van der Waals surface area (Å²) < 4.78 is 1.70. The van der Waals surface area contributed by atoms with Gasteiger partial charge in [0.25, 0.3) is 0 Å². The lowest BCUT2D eigenvalue weighted by Gasteiger charge is -2.10. The van der Waals surface area contributed by atoms with E-state index in [9.17, 15) is 4.79 Å². The molecule has 1 aromatic carbocycles. The van der Waals surface area contributed by atoms with E-state index in [2.05, 4.69) is 26.9 Å². The minimum Gasteiger partial charge on any atom is -0.355 e. The number of thioether (sulfide) groups is 1. The molecular formula is C17H19N5OS2. The third-order valence-electron chi connectivity index (χ3n) is 3.70. The molecule has 25 heavy (non-hydrogen) atoms. The smallest absolute Gasteiger partial charge is 0.230 e. The van der Waals surface area contributed by atoms with Crippen molar-refractivity contribution in [2.75, 3.05) is 12.3 Å². The van der Waals surface area contributed by atoms with Gasteiger partial charge in [-0.2, -0.15) is 4.68 Å². The summed E-state index contributed by atoms with van der Waals surface area (Å²) in [6.07, 6.45) is 0.855. The second-order valence-corrected chi connectivity index (χ2v) is 7.56. The van der Waals surface area contributed by atoms with E-state index in [1.165, 1.54) is 16.6 Å². The average molecular weight is 374 g/mol. The number of hydrogen-bond acceptors (Lipinski definition) is 6. The Morgan fingerprint density at radius 1 is 1.24 bits per heavy atom. The summed E-state index contributed by atoms with van der Waals surface area (Å²) in [4.78, 5) is 13.3. The van der Waals surface area contributed by atoms with Crippen LogP contribution in [0.1, 0.15) is 16.0 Å². The van der Waals surface area contributed by atoms with Crippen molar-refractivity contribution in [1.29, 1.82) is 0 Å². The molecule has 0 aliphatic heterocycles. The Hall–Kier alpha value is -2.19. The van der Waals surface area contributed by atoms with Gasteiger partial charge < -0.3 is 5.32 Å². The zero-order valence-electron chi connectivity index (χ0n) is 14.1. The number of nitrogens with one attached hydrogen (secondary N) is 1. The van der Waals surface area contributed by atoms with Crippen molar-refractivity contribution in [3.63, 3.8) is 0 Å². The predicted octanol–water partition coefficient (Wildman–Crippen LogP) is 2.79. The van der Waals surface area contributed by atoms with Crippen LogP contribution in [-0.2, 0) is 11.2 Å². The Labute approximate surface area is 154 Å². The van der Waals surface area contributed by atoms with Crippen molar-refractivity contribution in [3.8, 4) is 5.69 Å². The third-order valence-corrected chi connectivity index (χ3v) is 5.55. The molecule has 0 radical (unpaired) electrons. The average Bonchev–Trinajstić information content (AvgIpc) is 3.25. The van der Waals surface area contributed by atoms with Gasteiger partial charge in [0.05, 0.1) is 11.4 Å². The molecule has 0 spiro atoms. The molecule has 0 unspecified atom stereocenters. The molecule has 6 nitrogen and oxygen atoms in total. The first kappa shape index (κ1) is 17.6. The number of aromatic nitrogens is 4. The van der Waals surface area contributed by atoms with Gasteiger partial charge in [-0.25, -0.2) is 0 Å². The Morgan fingerprint density at radius 3 is 2.76 bits per heavy atom. The number of aryl methyl sites for hydroxylation is 2.